The molecule has 2 aliphatic rings. The van der Waals surface area contributed by atoms with Gasteiger partial charge in [0.15, 0.2) is 0 Å². The quantitative estimate of drug-likeness (QED) is 0.806. The highest BCUT2D eigenvalue weighted by Crippen LogP contribution is 2.42. The first kappa shape index (κ1) is 21.3. The lowest BCUT2D eigenvalue weighted by molar-refractivity contribution is 0.133. The largest absolute Gasteiger partial charge is 0.492 e. The van der Waals surface area contributed by atoms with E-state index in [0.717, 1.165) is 5.56 Å². The Hall–Kier alpha value is -2.93. The zero-order chi connectivity index (χ0) is 22.2. The lowest BCUT2D eigenvalue weighted by Crippen LogP contribution is -2.45. The van der Waals surface area contributed by atoms with E-state index in [1.165, 1.54) is 17.1 Å². The molecule has 2 aliphatic heterocycles. The maximum Gasteiger partial charge on any atom is 0.340 e. The highest BCUT2D eigenvalue weighted by molar-refractivity contribution is 6.07. The Kier molecular flexibility index (Phi) is 5.71. The fraction of sp³-hybridized carbons (Fsp3) is 0.417. The van der Waals surface area contributed by atoms with Crippen LogP contribution in [0.3, 0.4) is 0 Å². The molecule has 1 N–H and O–H groups in total. The van der Waals surface area contributed by atoms with Crippen LogP contribution in [0.15, 0.2) is 53.6 Å². The van der Waals surface area contributed by atoms with E-state index >= 15 is 0 Å². The summed E-state index contributed by atoms with van der Waals surface area (Å²) in [7, 11) is 1.78. The molecule has 6 nitrogen and oxygen atoms in total. The second-order valence-electron chi connectivity index (χ2n) is 9.12. The maximum absolute atomic E-state index is 14.0. The summed E-state index contributed by atoms with van der Waals surface area (Å²) in [5.41, 5.74) is 2.27. The van der Waals surface area contributed by atoms with Crippen molar-refractivity contribution in [1.82, 2.24) is 15.2 Å². The van der Waals surface area contributed by atoms with Crippen LogP contribution in [0.4, 0.5) is 9.18 Å². The summed E-state index contributed by atoms with van der Waals surface area (Å²) in [4.78, 5) is 15.1. The van der Waals surface area contributed by atoms with E-state index in [1.54, 1.807) is 18.0 Å². The number of nitrogens with one attached hydrogen (secondary N) is 1. The number of hydrogen-bond donors (Lipinski definition) is 1. The lowest BCUT2D eigenvalue weighted by Gasteiger charge is -2.32. The molecule has 0 saturated heterocycles. The van der Waals surface area contributed by atoms with Crippen LogP contribution in [0.2, 0.25) is 0 Å². The highest BCUT2D eigenvalue weighted by atomic mass is 19.1. The number of amides is 2. The highest BCUT2D eigenvalue weighted by Gasteiger charge is 2.45. The first-order chi connectivity index (χ1) is 14.7. The number of fused-ring (bicyclic) bond motifs is 3. The molecule has 2 atom stereocenters. The van der Waals surface area contributed by atoms with Crippen LogP contribution >= 0.6 is 0 Å². The second-order valence-corrected chi connectivity index (χ2v) is 9.12. The van der Waals surface area contributed by atoms with Gasteiger partial charge in [-0.1, -0.05) is 30.3 Å². The summed E-state index contributed by atoms with van der Waals surface area (Å²) in [5.74, 6) is 0.0825. The number of carbonyl (C=O) groups excluding carboxylic acids is 1. The molecule has 0 fully saturated rings. The number of halogens is 1. The lowest BCUT2D eigenvalue weighted by atomic mass is 9.86. The van der Waals surface area contributed by atoms with Gasteiger partial charge in [0.1, 0.15) is 11.6 Å². The molecule has 2 heterocycles. The number of ether oxygens (including phenoxy) is 1. The van der Waals surface area contributed by atoms with Gasteiger partial charge in [0, 0.05) is 31.2 Å². The third-order valence-electron chi connectivity index (χ3n) is 5.61. The minimum atomic E-state index is -0.350. The van der Waals surface area contributed by atoms with Gasteiger partial charge in [-0.05, 0) is 44.5 Å². The number of rotatable bonds is 4. The predicted octanol–water partition coefficient (Wildman–Crippen LogP) is 4.04. The molecule has 2 amide bonds. The summed E-state index contributed by atoms with van der Waals surface area (Å²) < 4.78 is 19.9. The van der Waals surface area contributed by atoms with E-state index < -0.39 is 0 Å². The minimum Gasteiger partial charge on any atom is -0.492 e. The summed E-state index contributed by atoms with van der Waals surface area (Å²) in [6.07, 6.45) is 0. The fourth-order valence-electron chi connectivity index (χ4n) is 4.06. The van der Waals surface area contributed by atoms with Gasteiger partial charge in [-0.2, -0.15) is 5.10 Å². The SMILES string of the molecule is CN(CCNC(C)(C)C)C(=O)N1N=C2c3cc(F)ccc3OCC2C1c1ccccc1. The van der Waals surface area contributed by atoms with Crippen molar-refractivity contribution in [2.75, 3.05) is 26.7 Å². The third-order valence-corrected chi connectivity index (χ3v) is 5.61. The van der Waals surface area contributed by atoms with Crippen molar-refractivity contribution in [3.8, 4) is 5.75 Å². The number of benzene rings is 2. The molecular weight excluding hydrogens is 395 g/mol. The molecule has 31 heavy (non-hydrogen) atoms. The van der Waals surface area contributed by atoms with Crippen LogP contribution in [0.1, 0.15) is 37.9 Å². The number of likely N-dealkylation sites (N-methyl/N-ethyl adjacent to an activating group) is 1. The van der Waals surface area contributed by atoms with Gasteiger partial charge in [0.05, 0.1) is 24.3 Å². The van der Waals surface area contributed by atoms with Crippen LogP contribution in [-0.2, 0) is 0 Å². The zero-order valence-corrected chi connectivity index (χ0v) is 18.4. The first-order valence-corrected chi connectivity index (χ1v) is 10.6. The Balaban J connectivity index is 1.64. The number of urea groups is 1. The number of hydrogen-bond acceptors (Lipinski definition) is 4. The number of nitrogens with zero attached hydrogens (tertiary/aromatic N) is 3. The van der Waals surface area contributed by atoms with E-state index in [4.69, 9.17) is 9.84 Å². The van der Waals surface area contributed by atoms with Crippen LogP contribution in [-0.4, -0.2) is 53.9 Å². The van der Waals surface area contributed by atoms with Gasteiger partial charge in [0.25, 0.3) is 0 Å². The van der Waals surface area contributed by atoms with Crippen molar-refractivity contribution in [3.05, 3.63) is 65.5 Å². The molecule has 7 heteroatoms. The molecule has 0 saturated carbocycles. The van der Waals surface area contributed by atoms with E-state index in [-0.39, 0.29) is 29.3 Å². The molecule has 0 spiro atoms. The van der Waals surface area contributed by atoms with Crippen molar-refractivity contribution in [3.63, 3.8) is 0 Å². The van der Waals surface area contributed by atoms with Crippen molar-refractivity contribution in [2.45, 2.75) is 32.4 Å². The molecule has 4 rings (SSSR count). The predicted molar refractivity (Wildman–Crippen MR) is 119 cm³/mol. The van der Waals surface area contributed by atoms with Gasteiger partial charge in [-0.25, -0.2) is 14.2 Å². The van der Waals surface area contributed by atoms with Gasteiger partial charge < -0.3 is 15.0 Å². The van der Waals surface area contributed by atoms with Crippen molar-refractivity contribution in [2.24, 2.45) is 11.0 Å². The average Bonchev–Trinajstić information content (AvgIpc) is 3.12. The summed E-state index contributed by atoms with van der Waals surface area (Å²) in [6.45, 7) is 7.88. The van der Waals surface area contributed by atoms with Gasteiger partial charge in [0.2, 0.25) is 0 Å². The molecule has 2 aromatic carbocycles. The third kappa shape index (κ3) is 4.42. The Morgan fingerprint density at radius 2 is 2.00 bits per heavy atom. The smallest absolute Gasteiger partial charge is 0.340 e. The molecule has 2 aromatic rings. The standard InChI is InChI=1S/C24H29FN4O2/c1-24(2,3)26-12-13-28(4)23(30)29-22(16-8-6-5-7-9-16)19-15-31-20-11-10-17(25)14-18(20)21(19)27-29/h5-11,14,19,22,26H,12-13,15H2,1-4H3. The van der Waals surface area contributed by atoms with E-state index in [9.17, 15) is 9.18 Å². The van der Waals surface area contributed by atoms with Crippen LogP contribution in [0.5, 0.6) is 5.75 Å². The summed E-state index contributed by atoms with van der Waals surface area (Å²) in [5, 5.41) is 9.66. The fourth-order valence-corrected chi connectivity index (χ4v) is 4.06. The Morgan fingerprint density at radius 3 is 2.71 bits per heavy atom. The molecule has 0 aliphatic carbocycles. The van der Waals surface area contributed by atoms with E-state index in [0.29, 0.717) is 36.7 Å². The molecule has 2 unspecified atom stereocenters. The van der Waals surface area contributed by atoms with Crippen LogP contribution in [0, 0.1) is 11.7 Å². The average molecular weight is 425 g/mol. The van der Waals surface area contributed by atoms with E-state index in [1.807, 2.05) is 30.3 Å². The van der Waals surface area contributed by atoms with Gasteiger partial charge in [-0.15, -0.1) is 0 Å². The summed E-state index contributed by atoms with van der Waals surface area (Å²) in [6, 6.07) is 13.8. The van der Waals surface area contributed by atoms with Gasteiger partial charge >= 0.3 is 6.03 Å². The Morgan fingerprint density at radius 1 is 1.26 bits per heavy atom. The topological polar surface area (TPSA) is 57.2 Å². The Labute approximate surface area is 182 Å². The van der Waals surface area contributed by atoms with Crippen LogP contribution < -0.4 is 10.1 Å². The molecule has 0 aromatic heterocycles. The van der Waals surface area contributed by atoms with Crippen LogP contribution in [0.25, 0.3) is 0 Å². The normalized spacial score (nSPS) is 19.9. The van der Waals surface area contributed by atoms with Crippen molar-refractivity contribution < 1.29 is 13.9 Å². The Bertz CT molecular complexity index is 987. The zero-order valence-electron chi connectivity index (χ0n) is 18.4. The molecule has 0 bridgehead atoms. The second kappa shape index (κ2) is 8.30. The number of carbonyl (C=O) groups is 1. The van der Waals surface area contributed by atoms with Gasteiger partial charge in [-0.3, -0.25) is 0 Å². The molecule has 0 radical (unpaired) electrons. The molecular formula is C24H29FN4O2. The minimum absolute atomic E-state index is 0.0234. The maximum atomic E-state index is 14.0. The molecule has 164 valence electrons. The monoisotopic (exact) mass is 424 g/mol. The first-order valence-electron chi connectivity index (χ1n) is 10.6. The van der Waals surface area contributed by atoms with Crippen molar-refractivity contribution >= 4 is 11.7 Å². The van der Waals surface area contributed by atoms with Crippen molar-refractivity contribution in [1.29, 1.82) is 0 Å². The summed E-state index contributed by atoms with van der Waals surface area (Å²) >= 11 is 0. The number of hydrazone groups is 1. The van der Waals surface area contributed by atoms with E-state index in [2.05, 4.69) is 26.1 Å².